The van der Waals surface area contributed by atoms with E-state index in [2.05, 4.69) is 5.32 Å². The Balaban J connectivity index is 1.62. The molecule has 2 aromatic carbocycles. The van der Waals surface area contributed by atoms with Crippen LogP contribution in [0.5, 0.6) is 0 Å². The Kier molecular flexibility index (Phi) is 4.74. The average molecular weight is 339 g/mol. The third-order valence-electron chi connectivity index (χ3n) is 4.17. The minimum atomic E-state index is -0.578. The van der Waals surface area contributed by atoms with Crippen LogP contribution < -0.4 is 10.2 Å². The van der Waals surface area contributed by atoms with Crippen LogP contribution in [-0.2, 0) is 4.79 Å². The topological polar surface area (TPSA) is 92.6 Å². The lowest BCUT2D eigenvalue weighted by Gasteiger charge is -2.16. The van der Waals surface area contributed by atoms with Crippen molar-refractivity contribution in [1.82, 2.24) is 5.32 Å². The summed E-state index contributed by atoms with van der Waals surface area (Å²) >= 11 is 0. The molecule has 1 fully saturated rings. The molecule has 1 aliphatic heterocycles. The highest BCUT2D eigenvalue weighted by Crippen LogP contribution is 2.24. The van der Waals surface area contributed by atoms with Crippen molar-refractivity contribution >= 4 is 23.2 Å². The minimum absolute atomic E-state index is 0.0103. The minimum Gasteiger partial charge on any atom is -0.351 e. The van der Waals surface area contributed by atoms with Gasteiger partial charge in [0.15, 0.2) is 0 Å². The first-order valence-corrected chi connectivity index (χ1v) is 7.93. The van der Waals surface area contributed by atoms with Crippen LogP contribution in [0.25, 0.3) is 0 Å². The van der Waals surface area contributed by atoms with E-state index < -0.39 is 10.8 Å². The SMILES string of the molecule is O=C(NCC1CC(=O)N(c2ccccc2)C1)c1ccccc1[N+](=O)[O-]. The zero-order valence-electron chi connectivity index (χ0n) is 13.4. The number of nitrogens with zero attached hydrogens (tertiary/aromatic N) is 2. The van der Waals surface area contributed by atoms with Crippen molar-refractivity contribution in [3.8, 4) is 0 Å². The van der Waals surface area contributed by atoms with Gasteiger partial charge in [0.05, 0.1) is 4.92 Å². The van der Waals surface area contributed by atoms with Crippen molar-refractivity contribution in [1.29, 1.82) is 0 Å². The zero-order chi connectivity index (χ0) is 17.8. The molecule has 2 amide bonds. The lowest BCUT2D eigenvalue weighted by atomic mass is 10.1. The molecule has 0 spiro atoms. The fourth-order valence-corrected chi connectivity index (χ4v) is 2.93. The quantitative estimate of drug-likeness (QED) is 0.668. The molecular formula is C18H17N3O4. The molecule has 1 saturated heterocycles. The third kappa shape index (κ3) is 3.65. The Morgan fingerprint density at radius 1 is 1.16 bits per heavy atom. The van der Waals surface area contributed by atoms with Gasteiger partial charge in [0.2, 0.25) is 5.91 Å². The van der Waals surface area contributed by atoms with Crippen molar-refractivity contribution < 1.29 is 14.5 Å². The van der Waals surface area contributed by atoms with E-state index in [4.69, 9.17) is 0 Å². The van der Waals surface area contributed by atoms with E-state index in [0.717, 1.165) is 5.69 Å². The van der Waals surface area contributed by atoms with Crippen LogP contribution in [0.1, 0.15) is 16.8 Å². The second-order valence-corrected chi connectivity index (χ2v) is 5.89. The van der Waals surface area contributed by atoms with E-state index in [1.54, 1.807) is 11.0 Å². The summed E-state index contributed by atoms with van der Waals surface area (Å²) in [6.45, 7) is 0.806. The first-order chi connectivity index (χ1) is 12.1. The number of carbonyl (C=O) groups is 2. The predicted molar refractivity (Wildman–Crippen MR) is 92.3 cm³/mol. The molecule has 0 bridgehead atoms. The van der Waals surface area contributed by atoms with Gasteiger partial charge in [-0.15, -0.1) is 0 Å². The maximum atomic E-state index is 12.2. The van der Waals surface area contributed by atoms with Crippen molar-refractivity contribution in [3.05, 3.63) is 70.3 Å². The summed E-state index contributed by atoms with van der Waals surface area (Å²) in [4.78, 5) is 36.5. The van der Waals surface area contributed by atoms with Crippen LogP contribution >= 0.6 is 0 Å². The number of hydrogen-bond acceptors (Lipinski definition) is 4. The normalized spacial score (nSPS) is 16.7. The van der Waals surface area contributed by atoms with Crippen LogP contribution in [-0.4, -0.2) is 29.8 Å². The number of amides is 2. The van der Waals surface area contributed by atoms with E-state index in [1.165, 1.54) is 18.2 Å². The largest absolute Gasteiger partial charge is 0.351 e. The predicted octanol–water partition coefficient (Wildman–Crippen LogP) is 2.38. The number of benzene rings is 2. The molecule has 0 radical (unpaired) electrons. The fourth-order valence-electron chi connectivity index (χ4n) is 2.93. The smallest absolute Gasteiger partial charge is 0.282 e. The van der Waals surface area contributed by atoms with Gasteiger partial charge >= 0.3 is 0 Å². The average Bonchev–Trinajstić information content (AvgIpc) is 3.01. The van der Waals surface area contributed by atoms with Crippen LogP contribution in [0.4, 0.5) is 11.4 Å². The van der Waals surface area contributed by atoms with Gasteiger partial charge in [-0.05, 0) is 18.2 Å². The summed E-state index contributed by atoms with van der Waals surface area (Å²) in [6.07, 6.45) is 0.339. The molecule has 1 unspecified atom stereocenters. The van der Waals surface area contributed by atoms with Gasteiger partial charge in [-0.3, -0.25) is 19.7 Å². The molecule has 0 aliphatic carbocycles. The van der Waals surface area contributed by atoms with E-state index in [-0.39, 0.29) is 23.1 Å². The molecule has 1 heterocycles. The Bertz CT molecular complexity index is 807. The Morgan fingerprint density at radius 3 is 2.56 bits per heavy atom. The zero-order valence-corrected chi connectivity index (χ0v) is 13.4. The third-order valence-corrected chi connectivity index (χ3v) is 4.17. The Hall–Kier alpha value is -3.22. The Morgan fingerprint density at radius 2 is 1.84 bits per heavy atom. The fraction of sp³-hybridized carbons (Fsp3) is 0.222. The first kappa shape index (κ1) is 16.6. The number of rotatable bonds is 5. The number of nitrogens with one attached hydrogen (secondary N) is 1. The summed E-state index contributed by atoms with van der Waals surface area (Å²) in [5.41, 5.74) is 0.630. The lowest BCUT2D eigenvalue weighted by Crippen LogP contribution is -2.31. The van der Waals surface area contributed by atoms with Gasteiger partial charge in [-0.25, -0.2) is 0 Å². The standard InChI is InChI=1S/C18H17N3O4/c22-17-10-13(12-20(17)14-6-2-1-3-7-14)11-19-18(23)15-8-4-5-9-16(15)21(24)25/h1-9,13H,10-12H2,(H,19,23). The van der Waals surface area contributed by atoms with E-state index in [9.17, 15) is 19.7 Å². The van der Waals surface area contributed by atoms with Gasteiger partial charge in [0.1, 0.15) is 5.56 Å². The van der Waals surface area contributed by atoms with Crippen LogP contribution in [0.3, 0.4) is 0 Å². The monoisotopic (exact) mass is 339 g/mol. The molecule has 2 aromatic rings. The number of para-hydroxylation sites is 2. The van der Waals surface area contributed by atoms with Gasteiger partial charge in [-0.2, -0.15) is 0 Å². The van der Waals surface area contributed by atoms with Crippen molar-refractivity contribution in [3.63, 3.8) is 0 Å². The molecule has 7 heteroatoms. The van der Waals surface area contributed by atoms with Gasteiger partial charge in [0, 0.05) is 37.2 Å². The summed E-state index contributed by atoms with van der Waals surface area (Å²) in [7, 11) is 0. The van der Waals surface area contributed by atoms with Crippen molar-refractivity contribution in [2.75, 3.05) is 18.0 Å². The molecule has 25 heavy (non-hydrogen) atoms. The molecule has 3 rings (SSSR count). The summed E-state index contributed by atoms with van der Waals surface area (Å²) < 4.78 is 0. The molecule has 1 atom stereocenters. The highest BCUT2D eigenvalue weighted by molar-refractivity contribution is 5.98. The van der Waals surface area contributed by atoms with Crippen LogP contribution in [0.2, 0.25) is 0 Å². The number of anilines is 1. The van der Waals surface area contributed by atoms with Gasteiger partial charge in [-0.1, -0.05) is 30.3 Å². The lowest BCUT2D eigenvalue weighted by molar-refractivity contribution is -0.385. The molecule has 128 valence electrons. The number of nitro benzene ring substituents is 1. The molecule has 1 N–H and O–H groups in total. The number of hydrogen-bond donors (Lipinski definition) is 1. The second-order valence-electron chi connectivity index (χ2n) is 5.89. The molecule has 0 saturated carbocycles. The molecular weight excluding hydrogens is 322 g/mol. The molecule has 0 aromatic heterocycles. The maximum Gasteiger partial charge on any atom is 0.282 e. The van der Waals surface area contributed by atoms with Crippen molar-refractivity contribution in [2.24, 2.45) is 5.92 Å². The van der Waals surface area contributed by atoms with Crippen LogP contribution in [0, 0.1) is 16.0 Å². The van der Waals surface area contributed by atoms with Crippen LogP contribution in [0.15, 0.2) is 54.6 Å². The Labute approximate surface area is 144 Å². The highest BCUT2D eigenvalue weighted by atomic mass is 16.6. The summed E-state index contributed by atoms with van der Waals surface area (Å²) in [6, 6.07) is 15.2. The molecule has 7 nitrogen and oxygen atoms in total. The van der Waals surface area contributed by atoms with Gasteiger partial charge < -0.3 is 10.2 Å². The first-order valence-electron chi connectivity index (χ1n) is 7.93. The number of carbonyl (C=O) groups excluding carboxylic acids is 2. The highest BCUT2D eigenvalue weighted by Gasteiger charge is 2.31. The summed E-state index contributed by atoms with van der Waals surface area (Å²) in [5.74, 6) is -0.520. The second kappa shape index (κ2) is 7.12. The molecule has 1 aliphatic rings. The van der Waals surface area contributed by atoms with E-state index >= 15 is 0 Å². The summed E-state index contributed by atoms with van der Waals surface area (Å²) in [5, 5.41) is 13.7. The van der Waals surface area contributed by atoms with E-state index in [0.29, 0.717) is 19.5 Å². The number of nitro groups is 1. The van der Waals surface area contributed by atoms with E-state index in [1.807, 2.05) is 30.3 Å². The maximum absolute atomic E-state index is 12.2. The van der Waals surface area contributed by atoms with Gasteiger partial charge in [0.25, 0.3) is 11.6 Å². The van der Waals surface area contributed by atoms with Crippen molar-refractivity contribution in [2.45, 2.75) is 6.42 Å².